The SMILES string of the molecule is CC(C)CCCC(C)NC(=O)c1ccc(C#CCO)cn1. The van der Waals surface area contributed by atoms with Crippen LogP contribution in [0.4, 0.5) is 0 Å². The van der Waals surface area contributed by atoms with Crippen LogP contribution in [0.5, 0.6) is 0 Å². The van der Waals surface area contributed by atoms with Gasteiger partial charge in [-0.1, -0.05) is 38.5 Å². The van der Waals surface area contributed by atoms with E-state index in [0.717, 1.165) is 12.8 Å². The van der Waals surface area contributed by atoms with Gasteiger partial charge in [0.15, 0.2) is 0 Å². The molecule has 21 heavy (non-hydrogen) atoms. The molecule has 4 heteroatoms. The lowest BCUT2D eigenvalue weighted by Crippen LogP contribution is -2.33. The molecule has 1 rings (SSSR count). The van der Waals surface area contributed by atoms with Crippen LogP contribution in [0.2, 0.25) is 0 Å². The molecule has 0 bridgehead atoms. The summed E-state index contributed by atoms with van der Waals surface area (Å²) < 4.78 is 0. The maximum Gasteiger partial charge on any atom is 0.270 e. The molecule has 0 aliphatic heterocycles. The summed E-state index contributed by atoms with van der Waals surface area (Å²) in [5, 5.41) is 11.6. The van der Waals surface area contributed by atoms with Gasteiger partial charge in [0.25, 0.3) is 5.91 Å². The van der Waals surface area contributed by atoms with Gasteiger partial charge in [-0.15, -0.1) is 0 Å². The summed E-state index contributed by atoms with van der Waals surface area (Å²) in [6, 6.07) is 3.53. The van der Waals surface area contributed by atoms with Crippen molar-refractivity contribution < 1.29 is 9.90 Å². The minimum Gasteiger partial charge on any atom is -0.384 e. The highest BCUT2D eigenvalue weighted by Gasteiger charge is 2.10. The lowest BCUT2D eigenvalue weighted by Gasteiger charge is -2.14. The Labute approximate surface area is 127 Å². The lowest BCUT2D eigenvalue weighted by atomic mass is 10.0. The number of carbonyl (C=O) groups is 1. The summed E-state index contributed by atoms with van der Waals surface area (Å²) in [5.74, 6) is 5.83. The number of amides is 1. The molecule has 0 aliphatic carbocycles. The summed E-state index contributed by atoms with van der Waals surface area (Å²) in [4.78, 5) is 16.1. The van der Waals surface area contributed by atoms with Crippen molar-refractivity contribution in [1.29, 1.82) is 0 Å². The Bertz CT molecular complexity index is 498. The number of aromatic nitrogens is 1. The standard InChI is InChI=1S/C17H24N2O2/c1-13(2)6-4-7-14(3)19-17(21)16-10-9-15(12-18-16)8-5-11-20/h9-10,12-14,20H,4,6-7,11H2,1-3H3,(H,19,21). The van der Waals surface area contributed by atoms with E-state index < -0.39 is 0 Å². The Morgan fingerprint density at radius 1 is 1.33 bits per heavy atom. The monoisotopic (exact) mass is 288 g/mol. The van der Waals surface area contributed by atoms with Crippen molar-refractivity contribution in [2.24, 2.45) is 5.92 Å². The Hall–Kier alpha value is -1.86. The molecule has 114 valence electrons. The highest BCUT2D eigenvalue weighted by molar-refractivity contribution is 5.92. The third-order valence-corrected chi connectivity index (χ3v) is 3.10. The molecule has 1 aromatic rings. The van der Waals surface area contributed by atoms with Gasteiger partial charge in [0.05, 0.1) is 0 Å². The number of nitrogens with one attached hydrogen (secondary N) is 1. The molecule has 0 radical (unpaired) electrons. The normalized spacial score (nSPS) is 11.7. The predicted octanol–water partition coefficient (Wildman–Crippen LogP) is 2.37. The number of nitrogens with zero attached hydrogens (tertiary/aromatic N) is 1. The van der Waals surface area contributed by atoms with Gasteiger partial charge in [-0.05, 0) is 31.4 Å². The molecule has 1 amide bonds. The van der Waals surface area contributed by atoms with E-state index in [2.05, 4.69) is 36.0 Å². The number of carbonyl (C=O) groups excluding carboxylic acids is 1. The Morgan fingerprint density at radius 3 is 2.67 bits per heavy atom. The molecule has 0 spiro atoms. The van der Waals surface area contributed by atoms with Crippen molar-refractivity contribution in [3.8, 4) is 11.8 Å². The molecule has 1 heterocycles. The molecule has 0 aromatic carbocycles. The van der Waals surface area contributed by atoms with Crippen molar-refractivity contribution in [2.45, 2.75) is 46.1 Å². The first-order valence-electron chi connectivity index (χ1n) is 7.39. The largest absolute Gasteiger partial charge is 0.384 e. The molecular formula is C17H24N2O2. The molecule has 2 N–H and O–H groups in total. The van der Waals surface area contributed by atoms with Gasteiger partial charge in [-0.3, -0.25) is 4.79 Å². The third kappa shape index (κ3) is 6.92. The van der Waals surface area contributed by atoms with Crippen LogP contribution in [0.1, 0.15) is 56.1 Å². The van der Waals surface area contributed by atoms with E-state index >= 15 is 0 Å². The molecule has 1 aromatic heterocycles. The second kappa shape index (κ2) is 9.15. The van der Waals surface area contributed by atoms with E-state index in [1.807, 2.05) is 6.92 Å². The fraction of sp³-hybridized carbons (Fsp3) is 0.529. The fourth-order valence-electron chi connectivity index (χ4n) is 1.95. The zero-order valence-corrected chi connectivity index (χ0v) is 13.0. The summed E-state index contributed by atoms with van der Waals surface area (Å²) in [7, 11) is 0. The topological polar surface area (TPSA) is 62.2 Å². The average molecular weight is 288 g/mol. The van der Waals surface area contributed by atoms with Gasteiger partial charge in [0, 0.05) is 17.8 Å². The Balaban J connectivity index is 2.47. The van der Waals surface area contributed by atoms with Gasteiger partial charge < -0.3 is 10.4 Å². The molecule has 4 nitrogen and oxygen atoms in total. The fourth-order valence-corrected chi connectivity index (χ4v) is 1.95. The Morgan fingerprint density at radius 2 is 2.10 bits per heavy atom. The van der Waals surface area contributed by atoms with Crippen LogP contribution in [0.25, 0.3) is 0 Å². The van der Waals surface area contributed by atoms with Gasteiger partial charge in [-0.25, -0.2) is 4.98 Å². The zero-order valence-electron chi connectivity index (χ0n) is 13.0. The minimum absolute atomic E-state index is 0.145. The first-order valence-corrected chi connectivity index (χ1v) is 7.39. The molecule has 1 atom stereocenters. The van der Waals surface area contributed by atoms with E-state index in [0.29, 0.717) is 17.2 Å². The quantitative estimate of drug-likeness (QED) is 0.790. The number of aliphatic hydroxyl groups is 1. The van der Waals surface area contributed by atoms with Gasteiger partial charge >= 0.3 is 0 Å². The van der Waals surface area contributed by atoms with Crippen molar-refractivity contribution >= 4 is 5.91 Å². The van der Waals surface area contributed by atoms with Crippen molar-refractivity contribution in [2.75, 3.05) is 6.61 Å². The highest BCUT2D eigenvalue weighted by atomic mass is 16.2. The maximum absolute atomic E-state index is 12.0. The number of pyridine rings is 1. The van der Waals surface area contributed by atoms with E-state index in [-0.39, 0.29) is 18.6 Å². The Kier molecular flexibility index (Phi) is 7.49. The number of hydrogen-bond acceptors (Lipinski definition) is 3. The maximum atomic E-state index is 12.0. The number of hydrogen-bond donors (Lipinski definition) is 2. The number of aliphatic hydroxyl groups excluding tert-OH is 1. The third-order valence-electron chi connectivity index (χ3n) is 3.10. The first kappa shape index (κ1) is 17.2. The van der Waals surface area contributed by atoms with Crippen molar-refractivity contribution in [3.63, 3.8) is 0 Å². The van der Waals surface area contributed by atoms with Crippen LogP contribution in [0.3, 0.4) is 0 Å². The van der Waals surface area contributed by atoms with Crippen LogP contribution >= 0.6 is 0 Å². The van der Waals surface area contributed by atoms with E-state index in [9.17, 15) is 4.79 Å². The van der Waals surface area contributed by atoms with Crippen LogP contribution in [-0.2, 0) is 0 Å². The average Bonchev–Trinajstić information content (AvgIpc) is 2.45. The molecular weight excluding hydrogens is 264 g/mol. The molecule has 0 aliphatic rings. The van der Waals surface area contributed by atoms with Crippen LogP contribution in [0.15, 0.2) is 18.3 Å². The van der Waals surface area contributed by atoms with Gasteiger partial charge in [-0.2, -0.15) is 0 Å². The smallest absolute Gasteiger partial charge is 0.270 e. The van der Waals surface area contributed by atoms with Crippen molar-refractivity contribution in [1.82, 2.24) is 10.3 Å². The summed E-state index contributed by atoms with van der Waals surface area (Å²) in [5.41, 5.74) is 1.07. The molecule has 0 saturated heterocycles. The van der Waals surface area contributed by atoms with Gasteiger partial charge in [0.2, 0.25) is 0 Å². The summed E-state index contributed by atoms with van der Waals surface area (Å²) >= 11 is 0. The predicted molar refractivity (Wildman–Crippen MR) is 83.8 cm³/mol. The zero-order chi connectivity index (χ0) is 15.7. The molecule has 1 unspecified atom stereocenters. The second-order valence-electron chi connectivity index (χ2n) is 5.59. The van der Waals surface area contributed by atoms with E-state index in [4.69, 9.17) is 5.11 Å². The van der Waals surface area contributed by atoms with Crippen LogP contribution < -0.4 is 5.32 Å². The van der Waals surface area contributed by atoms with Crippen LogP contribution in [-0.4, -0.2) is 28.6 Å². The van der Waals surface area contributed by atoms with Crippen LogP contribution in [0, 0.1) is 17.8 Å². The second-order valence-corrected chi connectivity index (χ2v) is 5.59. The minimum atomic E-state index is -0.184. The van der Waals surface area contributed by atoms with E-state index in [1.165, 1.54) is 6.42 Å². The summed E-state index contributed by atoms with van der Waals surface area (Å²) in [6.45, 7) is 6.23. The summed E-state index contributed by atoms with van der Waals surface area (Å²) in [6.07, 6.45) is 4.81. The highest BCUT2D eigenvalue weighted by Crippen LogP contribution is 2.08. The van der Waals surface area contributed by atoms with Gasteiger partial charge in [0.1, 0.15) is 12.3 Å². The lowest BCUT2D eigenvalue weighted by molar-refractivity contribution is 0.0932. The molecule has 0 saturated carbocycles. The molecule has 0 fully saturated rings. The van der Waals surface area contributed by atoms with Crippen molar-refractivity contribution in [3.05, 3.63) is 29.6 Å². The number of rotatable bonds is 6. The van der Waals surface area contributed by atoms with E-state index in [1.54, 1.807) is 18.3 Å². The first-order chi connectivity index (χ1) is 10.0.